The van der Waals surface area contributed by atoms with E-state index in [2.05, 4.69) is 31.3 Å². The normalized spacial score (nSPS) is 31.2. The van der Waals surface area contributed by atoms with Gasteiger partial charge in [0.25, 0.3) is 0 Å². The van der Waals surface area contributed by atoms with Crippen molar-refractivity contribution in [1.82, 2.24) is 13.3 Å². The summed E-state index contributed by atoms with van der Waals surface area (Å²) in [5, 5.41) is 2.86. The van der Waals surface area contributed by atoms with Crippen LogP contribution in [0.4, 0.5) is 4.79 Å². The predicted octanol–water partition coefficient (Wildman–Crippen LogP) is 0.436. The largest absolute Gasteiger partial charge is 0.338 e. The van der Waals surface area contributed by atoms with Crippen LogP contribution < -0.4 is 5.32 Å². The van der Waals surface area contributed by atoms with Gasteiger partial charge in [-0.05, 0) is 6.42 Å². The highest BCUT2D eigenvalue weighted by atomic mass is 127. The Balaban J connectivity index is 2.04. The Kier molecular flexibility index (Phi) is 2.40. The molecule has 0 spiro atoms. The van der Waals surface area contributed by atoms with Crippen molar-refractivity contribution in [2.75, 3.05) is 26.2 Å². The third-order valence-electron chi connectivity index (χ3n) is 2.45. The molecule has 1 atom stereocenters. The molecule has 2 rings (SSSR count). The predicted molar refractivity (Wildman–Crippen MR) is 54.1 cm³/mol. The minimum atomic E-state index is 0.121. The number of carbonyl (C=O) groups is 1. The number of hydrogen-bond donors (Lipinski definition) is 1. The molecule has 1 unspecified atom stereocenters. The minimum Gasteiger partial charge on any atom is -0.338 e. The second-order valence-electron chi connectivity index (χ2n) is 3.24. The number of hydrogen-bond acceptors (Lipinski definition) is 2. The fraction of sp³-hybridized carbons (Fsp3) is 0.857. The quantitative estimate of drug-likeness (QED) is 0.516. The Labute approximate surface area is 85.8 Å². The number of nitrogens with zero attached hydrogens (tertiary/aromatic N) is 2. The highest BCUT2D eigenvalue weighted by molar-refractivity contribution is 14.1. The standard InChI is InChI=1S/C7H12IN3O/c8-10-3-4-11-6(5-10)1-2-9-7(11)12/h6H,1-5H2,(H,9,12). The number of amides is 2. The molecule has 2 aliphatic heterocycles. The molecule has 2 fully saturated rings. The monoisotopic (exact) mass is 281 g/mol. The van der Waals surface area contributed by atoms with Crippen molar-refractivity contribution >= 4 is 28.9 Å². The van der Waals surface area contributed by atoms with E-state index in [1.165, 1.54) is 0 Å². The van der Waals surface area contributed by atoms with Gasteiger partial charge in [0, 0.05) is 55.1 Å². The maximum absolute atomic E-state index is 11.3. The van der Waals surface area contributed by atoms with Crippen molar-refractivity contribution in [3.8, 4) is 0 Å². The van der Waals surface area contributed by atoms with Crippen LogP contribution in [-0.4, -0.2) is 46.3 Å². The number of carbonyl (C=O) groups excluding carboxylic acids is 1. The van der Waals surface area contributed by atoms with Crippen molar-refractivity contribution in [2.45, 2.75) is 12.5 Å². The highest BCUT2D eigenvalue weighted by Crippen LogP contribution is 2.17. The third kappa shape index (κ3) is 1.52. The Hall–Kier alpha value is -0.0400. The van der Waals surface area contributed by atoms with Gasteiger partial charge in [-0.3, -0.25) is 0 Å². The molecule has 0 aromatic carbocycles. The van der Waals surface area contributed by atoms with E-state index in [9.17, 15) is 4.79 Å². The Morgan fingerprint density at radius 1 is 1.50 bits per heavy atom. The van der Waals surface area contributed by atoms with Crippen LogP contribution >= 0.6 is 22.9 Å². The summed E-state index contributed by atoms with van der Waals surface area (Å²) in [6.07, 6.45) is 1.09. The summed E-state index contributed by atoms with van der Waals surface area (Å²) >= 11 is 2.33. The molecule has 2 aliphatic rings. The van der Waals surface area contributed by atoms with Crippen molar-refractivity contribution in [1.29, 1.82) is 0 Å². The first kappa shape index (κ1) is 8.55. The molecule has 0 saturated carbocycles. The number of nitrogens with one attached hydrogen (secondary N) is 1. The van der Waals surface area contributed by atoms with E-state index < -0.39 is 0 Å². The molecular formula is C7H12IN3O. The van der Waals surface area contributed by atoms with E-state index in [0.717, 1.165) is 32.6 Å². The first-order valence-electron chi connectivity index (χ1n) is 4.22. The van der Waals surface area contributed by atoms with Gasteiger partial charge in [-0.1, -0.05) is 0 Å². The summed E-state index contributed by atoms with van der Waals surface area (Å²) in [5.41, 5.74) is 0. The average Bonchev–Trinajstić information content (AvgIpc) is 2.04. The van der Waals surface area contributed by atoms with E-state index in [4.69, 9.17) is 0 Å². The molecule has 0 aromatic heterocycles. The summed E-state index contributed by atoms with van der Waals surface area (Å²) in [6, 6.07) is 0.570. The van der Waals surface area contributed by atoms with Gasteiger partial charge in [-0.2, -0.15) is 0 Å². The molecule has 0 radical (unpaired) electrons. The molecule has 12 heavy (non-hydrogen) atoms. The fourth-order valence-corrected chi connectivity index (χ4v) is 2.45. The summed E-state index contributed by atoms with van der Waals surface area (Å²) in [7, 11) is 0. The molecule has 0 aliphatic carbocycles. The first-order valence-corrected chi connectivity index (χ1v) is 5.19. The maximum Gasteiger partial charge on any atom is 0.317 e. The number of halogens is 1. The van der Waals surface area contributed by atoms with Gasteiger partial charge in [0.15, 0.2) is 0 Å². The van der Waals surface area contributed by atoms with Crippen LogP contribution in [0.5, 0.6) is 0 Å². The molecule has 0 bridgehead atoms. The Morgan fingerprint density at radius 3 is 3.17 bits per heavy atom. The zero-order valence-electron chi connectivity index (χ0n) is 6.79. The van der Waals surface area contributed by atoms with Crippen LogP contribution in [0, 0.1) is 0 Å². The van der Waals surface area contributed by atoms with E-state index >= 15 is 0 Å². The summed E-state index contributed by atoms with van der Waals surface area (Å²) in [5.74, 6) is 0. The minimum absolute atomic E-state index is 0.121. The van der Waals surface area contributed by atoms with E-state index in [0.29, 0.717) is 6.04 Å². The zero-order valence-corrected chi connectivity index (χ0v) is 8.95. The fourth-order valence-electron chi connectivity index (χ4n) is 1.78. The summed E-state index contributed by atoms with van der Waals surface area (Å²) in [4.78, 5) is 13.3. The Bertz CT molecular complexity index is 199. The van der Waals surface area contributed by atoms with Crippen LogP contribution in [0.3, 0.4) is 0 Å². The van der Waals surface area contributed by atoms with Crippen LogP contribution in [0.2, 0.25) is 0 Å². The van der Waals surface area contributed by atoms with E-state index in [-0.39, 0.29) is 6.03 Å². The lowest BCUT2D eigenvalue weighted by atomic mass is 10.1. The number of urea groups is 1. The molecule has 0 aromatic rings. The second kappa shape index (κ2) is 3.37. The summed E-state index contributed by atoms with van der Waals surface area (Å²) in [6.45, 7) is 3.72. The molecule has 1 N–H and O–H groups in total. The molecule has 4 nitrogen and oxygen atoms in total. The smallest absolute Gasteiger partial charge is 0.317 e. The van der Waals surface area contributed by atoms with Gasteiger partial charge in [0.1, 0.15) is 0 Å². The molecule has 68 valence electrons. The topological polar surface area (TPSA) is 35.6 Å². The third-order valence-corrected chi connectivity index (χ3v) is 3.32. The molecule has 2 saturated heterocycles. The van der Waals surface area contributed by atoms with Crippen molar-refractivity contribution in [2.24, 2.45) is 0 Å². The van der Waals surface area contributed by atoms with Gasteiger partial charge >= 0.3 is 6.03 Å². The maximum atomic E-state index is 11.3. The molecule has 2 amide bonds. The van der Waals surface area contributed by atoms with Gasteiger partial charge in [0.2, 0.25) is 0 Å². The highest BCUT2D eigenvalue weighted by Gasteiger charge is 2.32. The van der Waals surface area contributed by atoms with Crippen LogP contribution in [0.1, 0.15) is 6.42 Å². The number of piperazine rings is 1. The van der Waals surface area contributed by atoms with Gasteiger partial charge < -0.3 is 10.2 Å². The molecule has 5 heteroatoms. The lowest BCUT2D eigenvalue weighted by molar-refractivity contribution is 0.120. The van der Waals surface area contributed by atoms with Crippen molar-refractivity contribution in [3.63, 3.8) is 0 Å². The Morgan fingerprint density at radius 2 is 2.33 bits per heavy atom. The van der Waals surface area contributed by atoms with Crippen LogP contribution in [0.25, 0.3) is 0 Å². The lowest BCUT2D eigenvalue weighted by Gasteiger charge is -2.41. The molecule has 2 heterocycles. The van der Waals surface area contributed by atoms with Gasteiger partial charge in [0.05, 0.1) is 0 Å². The van der Waals surface area contributed by atoms with E-state index in [1.54, 1.807) is 0 Å². The number of rotatable bonds is 0. The van der Waals surface area contributed by atoms with Gasteiger partial charge in [-0.15, -0.1) is 0 Å². The number of fused-ring (bicyclic) bond motifs is 1. The first-order chi connectivity index (χ1) is 5.77. The van der Waals surface area contributed by atoms with Gasteiger partial charge in [-0.25, -0.2) is 7.91 Å². The lowest BCUT2D eigenvalue weighted by Crippen LogP contribution is -2.59. The average molecular weight is 281 g/mol. The van der Waals surface area contributed by atoms with Crippen LogP contribution in [-0.2, 0) is 0 Å². The SMILES string of the molecule is O=C1NCCC2CN(I)CCN12. The second-order valence-corrected chi connectivity index (χ2v) is 4.60. The van der Waals surface area contributed by atoms with Crippen molar-refractivity contribution < 1.29 is 4.79 Å². The van der Waals surface area contributed by atoms with Crippen molar-refractivity contribution in [3.05, 3.63) is 0 Å². The molecular weight excluding hydrogens is 269 g/mol. The van der Waals surface area contributed by atoms with Crippen LogP contribution in [0.15, 0.2) is 0 Å². The zero-order chi connectivity index (χ0) is 8.55. The van der Waals surface area contributed by atoms with E-state index in [1.807, 2.05) is 4.90 Å². The summed E-state index contributed by atoms with van der Waals surface area (Å²) < 4.78 is 2.26.